The van der Waals surface area contributed by atoms with E-state index in [4.69, 9.17) is 14.2 Å². The van der Waals surface area contributed by atoms with Crippen molar-refractivity contribution in [2.75, 3.05) is 32.0 Å². The number of aryl methyl sites for hydroxylation is 3. The number of ether oxygens (including phenoxy) is 3. The van der Waals surface area contributed by atoms with Gasteiger partial charge < -0.3 is 40.2 Å². The Balaban J connectivity index is 0.000000136. The number of methoxy groups -OCH3 is 3. The number of hydrogen-bond donors (Lipinski definition) is 5. The first-order valence-corrected chi connectivity index (χ1v) is 26.6. The van der Waals surface area contributed by atoms with Crippen molar-refractivity contribution in [2.24, 2.45) is 0 Å². The number of halogens is 1. The average Bonchev–Trinajstić information content (AvgIpc) is 4.40. The quantitative estimate of drug-likeness (QED) is 0.0817. The summed E-state index contributed by atoms with van der Waals surface area (Å²) in [6.45, 7) is 6.09. The third kappa shape index (κ3) is 11.0. The Morgan fingerprint density at radius 1 is 0.568 bits per heavy atom. The predicted molar refractivity (Wildman–Crippen MR) is 303 cm³/mol. The molecule has 0 radical (unpaired) electrons. The lowest BCUT2D eigenvalue weighted by atomic mass is 9.81. The molecule has 5 heterocycles. The number of ketones is 1. The Bertz CT molecular complexity index is 3800. The molecule has 3 atom stereocenters. The van der Waals surface area contributed by atoms with Crippen LogP contribution >= 0.6 is 0 Å². The summed E-state index contributed by atoms with van der Waals surface area (Å²) in [7, 11) is 4.41. The zero-order chi connectivity index (χ0) is 57.1. The van der Waals surface area contributed by atoms with Crippen molar-refractivity contribution >= 4 is 29.2 Å². The van der Waals surface area contributed by atoms with Crippen LogP contribution in [0.25, 0.3) is 17.1 Å². The summed E-state index contributed by atoms with van der Waals surface area (Å²) >= 11 is 0. The van der Waals surface area contributed by atoms with Crippen LogP contribution in [0, 0.1) is 12.7 Å². The molecule has 0 saturated carbocycles. The zero-order valence-corrected chi connectivity index (χ0v) is 45.6. The molecular formula is C63H61FN8O9. The standard InChI is InChI=1S/C22H22N2O3.C21H21N3O2.C20H18FN3O4/c1-3-14-4-7-16(8-5-14)24-20-12-17(25)11-18(19(20)13-23-24)15-6-9-22(27-2)21(26)10-15;1-3-14-6-4-5-7-18(14)24-21-17(12-22-24)16(11-20(26)23-21)15-8-9-19(25)13(2)10-15;1-27-16-6-11(7-17(28-2)19(16)26)14-9-18(25)23-20-15(14)10-22-24(20)13-5-3-4-12(21)8-13/h4-10,13,18,26H,3,11-12H2,1-2H3;4-10,12,16,25H,3,11H2,1-2H3,(H,23,26);3-8,10,14,26H,9H2,1-2H3,(H,23,25). The summed E-state index contributed by atoms with van der Waals surface area (Å²) in [6, 6.07) is 36.5. The fourth-order valence-corrected chi connectivity index (χ4v) is 10.8. The Morgan fingerprint density at radius 3 is 1.79 bits per heavy atom. The number of Topliss-reactive ketones (excluding diaryl/α,β-unsaturated/α-hetero) is 1. The van der Waals surface area contributed by atoms with E-state index in [2.05, 4.69) is 58.0 Å². The number of nitrogens with one attached hydrogen (secondary N) is 2. The average molecular weight is 1090 g/mol. The van der Waals surface area contributed by atoms with Crippen molar-refractivity contribution in [3.05, 3.63) is 202 Å². The maximum absolute atomic E-state index is 13.6. The van der Waals surface area contributed by atoms with Crippen LogP contribution in [-0.2, 0) is 33.6 Å². The third-order valence-electron chi connectivity index (χ3n) is 15.1. The number of hydrogen-bond acceptors (Lipinski definition) is 12. The summed E-state index contributed by atoms with van der Waals surface area (Å²) in [4.78, 5) is 37.3. The summed E-state index contributed by atoms with van der Waals surface area (Å²) < 4.78 is 34.4. The normalized spacial score (nSPS) is 16.0. The summed E-state index contributed by atoms with van der Waals surface area (Å²) in [5, 5.41) is 49.4. The minimum absolute atomic E-state index is 0.0241. The number of para-hydroxylation sites is 1. The number of phenolic OH excluding ortho intramolecular Hbond substituents is 3. The van der Waals surface area contributed by atoms with Gasteiger partial charge in [-0.05, 0) is 120 Å². The summed E-state index contributed by atoms with van der Waals surface area (Å²) in [5.74, 6) is 1.44. The smallest absolute Gasteiger partial charge is 0.226 e. The van der Waals surface area contributed by atoms with Crippen LogP contribution in [0.1, 0.15) is 107 Å². The van der Waals surface area contributed by atoms with Crippen LogP contribution in [0.3, 0.4) is 0 Å². The van der Waals surface area contributed by atoms with Gasteiger partial charge in [-0.1, -0.05) is 68.4 Å². The number of aromatic nitrogens is 6. The molecule has 0 fully saturated rings. The number of anilines is 2. The fourth-order valence-electron chi connectivity index (χ4n) is 10.8. The largest absolute Gasteiger partial charge is 0.508 e. The van der Waals surface area contributed by atoms with E-state index in [-0.39, 0.29) is 70.5 Å². The molecule has 0 spiro atoms. The second kappa shape index (κ2) is 23.3. The topological polar surface area (TPSA) is 217 Å². The van der Waals surface area contributed by atoms with E-state index in [0.717, 1.165) is 74.7 Å². The van der Waals surface area contributed by atoms with Gasteiger partial charge in [0.1, 0.15) is 29.0 Å². The first-order chi connectivity index (χ1) is 39.2. The van der Waals surface area contributed by atoms with Gasteiger partial charge >= 0.3 is 0 Å². The van der Waals surface area contributed by atoms with Crippen LogP contribution in [-0.4, -0.2) is 83.6 Å². The van der Waals surface area contributed by atoms with Gasteiger partial charge in [-0.25, -0.2) is 18.4 Å². The maximum Gasteiger partial charge on any atom is 0.226 e. The van der Waals surface area contributed by atoms with Crippen molar-refractivity contribution in [1.82, 2.24) is 29.3 Å². The highest BCUT2D eigenvalue weighted by molar-refractivity contribution is 5.95. The Labute approximate surface area is 467 Å². The molecule has 3 unspecified atom stereocenters. The molecule has 1 aliphatic carbocycles. The Morgan fingerprint density at radius 2 is 1.16 bits per heavy atom. The van der Waals surface area contributed by atoms with E-state index in [9.17, 15) is 34.1 Å². The van der Waals surface area contributed by atoms with Gasteiger partial charge in [0.25, 0.3) is 0 Å². The van der Waals surface area contributed by atoms with Gasteiger partial charge in [0.05, 0.1) is 62.7 Å². The number of carbonyl (C=O) groups excluding carboxylic acids is 3. The monoisotopic (exact) mass is 1090 g/mol. The number of fused-ring (bicyclic) bond motifs is 3. The lowest BCUT2D eigenvalue weighted by molar-refractivity contribution is -0.119. The minimum Gasteiger partial charge on any atom is -0.508 e. The molecule has 5 N–H and O–H groups in total. The van der Waals surface area contributed by atoms with Crippen molar-refractivity contribution in [3.63, 3.8) is 0 Å². The van der Waals surface area contributed by atoms with Gasteiger partial charge in [0.2, 0.25) is 17.6 Å². The highest BCUT2D eigenvalue weighted by Crippen LogP contribution is 2.45. The summed E-state index contributed by atoms with van der Waals surface area (Å²) in [6.07, 6.45) is 8.57. The molecule has 12 rings (SSSR count). The lowest BCUT2D eigenvalue weighted by Gasteiger charge is -2.24. The van der Waals surface area contributed by atoms with E-state index in [1.54, 1.807) is 48.7 Å². The van der Waals surface area contributed by atoms with E-state index in [0.29, 0.717) is 36.5 Å². The first-order valence-electron chi connectivity index (χ1n) is 26.6. The molecule has 9 aromatic rings. The first kappa shape index (κ1) is 54.6. The molecule has 3 aromatic heterocycles. The van der Waals surface area contributed by atoms with Crippen LogP contribution in [0.5, 0.6) is 34.5 Å². The number of rotatable bonds is 11. The molecule has 0 saturated heterocycles. The van der Waals surface area contributed by atoms with Crippen molar-refractivity contribution in [3.8, 4) is 51.6 Å². The van der Waals surface area contributed by atoms with Crippen molar-refractivity contribution in [2.45, 2.75) is 77.0 Å². The SMILES string of the molecule is CCc1ccc(-n2ncc3c2CC(=O)CC3c2ccc(OC)c(O)c2)cc1.CCc1ccccc1-n1ncc2c1NC(=O)CC2c1ccc(O)c(C)c1.COc1cc(C2CC(=O)Nc3c2cnn3-c2cccc(F)c2)cc(OC)c1O. The molecular weight excluding hydrogens is 1030 g/mol. The predicted octanol–water partition coefficient (Wildman–Crippen LogP) is 10.9. The second-order valence-electron chi connectivity index (χ2n) is 20.0. The van der Waals surface area contributed by atoms with E-state index in [1.165, 1.54) is 49.3 Å². The van der Waals surface area contributed by atoms with Crippen LogP contribution < -0.4 is 24.8 Å². The fraction of sp³-hybridized carbons (Fsp3) is 0.238. The van der Waals surface area contributed by atoms with Gasteiger partial charge in [-0.3, -0.25) is 14.4 Å². The molecule has 81 heavy (non-hydrogen) atoms. The minimum atomic E-state index is -0.395. The van der Waals surface area contributed by atoms with Crippen molar-refractivity contribution < 1.29 is 48.3 Å². The molecule has 18 heteroatoms. The molecule has 2 aliphatic heterocycles. The summed E-state index contributed by atoms with van der Waals surface area (Å²) in [5.41, 5.74) is 12.1. The van der Waals surface area contributed by atoms with Crippen LogP contribution in [0.4, 0.5) is 16.0 Å². The number of amides is 2. The maximum atomic E-state index is 13.6. The second-order valence-corrected chi connectivity index (χ2v) is 20.0. The van der Waals surface area contributed by atoms with Crippen LogP contribution in [0.15, 0.2) is 140 Å². The molecule has 3 aliphatic rings. The van der Waals surface area contributed by atoms with E-state index in [1.807, 2.05) is 77.2 Å². The van der Waals surface area contributed by atoms with E-state index < -0.39 is 5.82 Å². The lowest BCUT2D eigenvalue weighted by Crippen LogP contribution is -2.24. The Kier molecular flexibility index (Phi) is 15.7. The third-order valence-corrected chi connectivity index (χ3v) is 15.1. The number of benzene rings is 6. The highest BCUT2D eigenvalue weighted by atomic mass is 19.1. The molecule has 17 nitrogen and oxygen atoms in total. The van der Waals surface area contributed by atoms with Gasteiger partial charge in [0, 0.05) is 60.1 Å². The number of carbonyl (C=O) groups is 3. The van der Waals surface area contributed by atoms with Gasteiger partial charge in [-0.15, -0.1) is 0 Å². The van der Waals surface area contributed by atoms with Gasteiger partial charge in [0.15, 0.2) is 23.0 Å². The molecule has 6 aromatic carbocycles. The van der Waals surface area contributed by atoms with Crippen LogP contribution in [0.2, 0.25) is 0 Å². The van der Waals surface area contributed by atoms with E-state index >= 15 is 0 Å². The zero-order valence-electron chi connectivity index (χ0n) is 45.6. The molecule has 414 valence electrons. The van der Waals surface area contributed by atoms with Crippen molar-refractivity contribution in [1.29, 1.82) is 0 Å². The molecule has 2 amide bonds. The Hall–Kier alpha value is -9.71. The van der Waals surface area contributed by atoms with Gasteiger partial charge in [-0.2, -0.15) is 15.3 Å². The number of nitrogens with zero attached hydrogens (tertiary/aromatic N) is 6. The highest BCUT2D eigenvalue weighted by Gasteiger charge is 2.34. The molecule has 0 bridgehead atoms. The number of aromatic hydroxyl groups is 3. The number of phenols is 3.